The predicted octanol–water partition coefficient (Wildman–Crippen LogP) is 9.27. The van der Waals surface area contributed by atoms with Gasteiger partial charge in [0.05, 0.1) is 23.8 Å². The summed E-state index contributed by atoms with van der Waals surface area (Å²) in [7, 11) is 1.53. The Morgan fingerprint density at radius 1 is 0.688 bits per heavy atom. The molecule has 7 rings (SSSR count). The van der Waals surface area contributed by atoms with Crippen LogP contribution in [0.2, 0.25) is 0 Å². The molecule has 0 amide bonds. The van der Waals surface area contributed by atoms with Crippen molar-refractivity contribution < 1.29 is 18.4 Å². The van der Waals surface area contributed by atoms with E-state index in [9.17, 15) is 8.78 Å². The number of nitrogens with zero attached hydrogens (tertiary/aromatic N) is 5. The van der Waals surface area contributed by atoms with Crippen LogP contribution >= 0.6 is 0 Å². The van der Waals surface area contributed by atoms with E-state index in [0.717, 1.165) is 62.6 Å². The SMILES string of the molecule is CC(F)(F)Cn1nc(-c2ccccc2)c2ccccc21.CO/N=C/Cn1nc(-c2cccc(OCc3ccccc3)c2)c2ccccc21. The van der Waals surface area contributed by atoms with Gasteiger partial charge in [-0.2, -0.15) is 10.2 Å². The van der Waals surface area contributed by atoms with Crippen LogP contribution in [0.15, 0.2) is 139 Å². The second-order valence-electron chi connectivity index (χ2n) is 11.3. The molecule has 242 valence electrons. The summed E-state index contributed by atoms with van der Waals surface area (Å²) in [5.74, 6) is -1.97. The van der Waals surface area contributed by atoms with Gasteiger partial charge in [0.2, 0.25) is 0 Å². The lowest BCUT2D eigenvalue weighted by Gasteiger charge is -2.10. The number of ether oxygens (including phenoxy) is 1. The Hall–Kier alpha value is -5.83. The molecule has 0 aliphatic rings. The average molecular weight is 644 g/mol. The van der Waals surface area contributed by atoms with Crippen molar-refractivity contribution in [1.82, 2.24) is 19.6 Å². The van der Waals surface area contributed by atoms with E-state index < -0.39 is 12.5 Å². The van der Waals surface area contributed by atoms with Gasteiger partial charge in [-0.1, -0.05) is 114 Å². The maximum absolute atomic E-state index is 13.3. The molecule has 0 aliphatic carbocycles. The number of rotatable bonds is 10. The van der Waals surface area contributed by atoms with Gasteiger partial charge in [-0.3, -0.25) is 9.36 Å². The van der Waals surface area contributed by atoms with Crippen molar-refractivity contribution in [3.8, 4) is 28.3 Å². The second-order valence-corrected chi connectivity index (χ2v) is 11.3. The zero-order valence-corrected chi connectivity index (χ0v) is 26.7. The Labute approximate surface area is 277 Å². The van der Waals surface area contributed by atoms with Crippen LogP contribution in [0.3, 0.4) is 0 Å². The van der Waals surface area contributed by atoms with Gasteiger partial charge in [0, 0.05) is 28.8 Å². The highest BCUT2D eigenvalue weighted by atomic mass is 19.3. The Kier molecular flexibility index (Phi) is 9.85. The lowest BCUT2D eigenvalue weighted by Crippen LogP contribution is -2.20. The fourth-order valence-corrected chi connectivity index (χ4v) is 5.46. The first-order valence-corrected chi connectivity index (χ1v) is 15.6. The third-order valence-electron chi connectivity index (χ3n) is 7.58. The Bertz CT molecular complexity index is 2120. The summed E-state index contributed by atoms with van der Waals surface area (Å²) in [4.78, 5) is 4.76. The maximum atomic E-state index is 13.3. The molecule has 2 aromatic heterocycles. The van der Waals surface area contributed by atoms with Crippen LogP contribution in [-0.2, 0) is 24.5 Å². The average Bonchev–Trinajstić information content (AvgIpc) is 3.66. The monoisotopic (exact) mass is 643 g/mol. The number of fused-ring (bicyclic) bond motifs is 2. The molecule has 9 heteroatoms. The number of para-hydroxylation sites is 2. The molecule has 0 saturated carbocycles. The van der Waals surface area contributed by atoms with Crippen LogP contribution in [0, 0.1) is 0 Å². The molecule has 48 heavy (non-hydrogen) atoms. The molecular weight excluding hydrogens is 608 g/mol. The van der Waals surface area contributed by atoms with Crippen LogP contribution in [0.4, 0.5) is 8.78 Å². The van der Waals surface area contributed by atoms with Crippen molar-refractivity contribution in [2.75, 3.05) is 7.11 Å². The van der Waals surface area contributed by atoms with Gasteiger partial charge in [0.15, 0.2) is 0 Å². The highest BCUT2D eigenvalue weighted by Crippen LogP contribution is 2.31. The molecule has 0 bridgehead atoms. The van der Waals surface area contributed by atoms with Gasteiger partial charge in [-0.05, 0) is 29.8 Å². The molecule has 0 radical (unpaired) electrons. The minimum Gasteiger partial charge on any atom is -0.489 e. The topological polar surface area (TPSA) is 66.5 Å². The molecule has 0 N–H and O–H groups in total. The van der Waals surface area contributed by atoms with Crippen LogP contribution in [0.5, 0.6) is 5.75 Å². The van der Waals surface area contributed by atoms with Crippen molar-refractivity contribution in [2.24, 2.45) is 5.16 Å². The second kappa shape index (κ2) is 14.7. The van der Waals surface area contributed by atoms with Crippen molar-refractivity contribution in [1.29, 1.82) is 0 Å². The quantitative estimate of drug-likeness (QED) is 0.110. The lowest BCUT2D eigenvalue weighted by atomic mass is 10.1. The Morgan fingerprint density at radius 2 is 1.25 bits per heavy atom. The number of alkyl halides is 2. The van der Waals surface area contributed by atoms with E-state index in [1.807, 2.05) is 108 Å². The maximum Gasteiger partial charge on any atom is 0.264 e. The molecule has 5 aromatic carbocycles. The highest BCUT2D eigenvalue weighted by molar-refractivity contribution is 5.94. The van der Waals surface area contributed by atoms with E-state index in [0.29, 0.717) is 13.2 Å². The molecule has 0 aliphatic heterocycles. The largest absolute Gasteiger partial charge is 0.489 e. The minimum atomic E-state index is -2.79. The van der Waals surface area contributed by atoms with Crippen LogP contribution in [-0.4, -0.2) is 38.8 Å². The molecule has 0 saturated heterocycles. The molecule has 0 spiro atoms. The van der Waals surface area contributed by atoms with Gasteiger partial charge >= 0.3 is 0 Å². The van der Waals surface area contributed by atoms with Gasteiger partial charge in [-0.15, -0.1) is 0 Å². The first kappa shape index (κ1) is 32.1. The number of hydrogen-bond donors (Lipinski definition) is 0. The molecule has 7 aromatic rings. The zero-order chi connectivity index (χ0) is 33.3. The van der Waals surface area contributed by atoms with Crippen molar-refractivity contribution in [3.05, 3.63) is 139 Å². The normalized spacial score (nSPS) is 11.5. The lowest BCUT2D eigenvalue weighted by molar-refractivity contribution is 0.00189. The fraction of sp³-hybridized carbons (Fsp3) is 0.154. The summed E-state index contributed by atoms with van der Waals surface area (Å²) < 4.78 is 35.9. The first-order chi connectivity index (χ1) is 23.4. The van der Waals surface area contributed by atoms with Gasteiger partial charge in [-0.25, -0.2) is 8.78 Å². The minimum absolute atomic E-state index is 0.416. The van der Waals surface area contributed by atoms with Crippen molar-refractivity contribution in [3.63, 3.8) is 0 Å². The van der Waals surface area contributed by atoms with Crippen molar-refractivity contribution in [2.45, 2.75) is 32.5 Å². The summed E-state index contributed by atoms with van der Waals surface area (Å²) in [6.07, 6.45) is 1.70. The summed E-state index contributed by atoms with van der Waals surface area (Å²) >= 11 is 0. The number of aromatic nitrogens is 4. The van der Waals surface area contributed by atoms with E-state index in [2.05, 4.69) is 40.6 Å². The molecule has 2 heterocycles. The summed E-state index contributed by atoms with van der Waals surface area (Å²) in [5, 5.41) is 15.0. The number of oxime groups is 1. The molecule has 0 fully saturated rings. The standard InChI is InChI=1S/C23H21N3O2.C16H14F2N2/c1-27-24-14-15-26-22-13-6-5-12-21(22)23(25-26)19-10-7-11-20(16-19)28-17-18-8-3-2-4-9-18;1-16(17,18)11-20-14-10-6-5-9-13(14)15(19-20)12-7-3-2-4-8-12/h2-14,16H,15,17H2,1H3;2-10H,11H2,1H3/b24-14+;. The zero-order valence-electron chi connectivity index (χ0n) is 26.7. The van der Waals surface area contributed by atoms with E-state index in [1.165, 1.54) is 11.8 Å². The van der Waals surface area contributed by atoms with Gasteiger partial charge < -0.3 is 9.57 Å². The highest BCUT2D eigenvalue weighted by Gasteiger charge is 2.24. The Balaban J connectivity index is 0.000000177. The summed E-state index contributed by atoms with van der Waals surface area (Å²) in [5.41, 5.74) is 6.53. The predicted molar refractivity (Wildman–Crippen MR) is 187 cm³/mol. The first-order valence-electron chi connectivity index (χ1n) is 15.6. The van der Waals surface area contributed by atoms with E-state index in [4.69, 9.17) is 14.7 Å². The molecule has 0 atom stereocenters. The van der Waals surface area contributed by atoms with Crippen LogP contribution in [0.1, 0.15) is 12.5 Å². The van der Waals surface area contributed by atoms with Crippen LogP contribution < -0.4 is 4.74 Å². The molecule has 0 unspecified atom stereocenters. The van der Waals surface area contributed by atoms with E-state index >= 15 is 0 Å². The number of hydrogen-bond acceptors (Lipinski definition) is 5. The van der Waals surface area contributed by atoms with Gasteiger partial charge in [0.25, 0.3) is 5.92 Å². The smallest absolute Gasteiger partial charge is 0.264 e. The van der Waals surface area contributed by atoms with Crippen LogP contribution in [0.25, 0.3) is 44.3 Å². The molecule has 7 nitrogen and oxygen atoms in total. The summed E-state index contributed by atoms with van der Waals surface area (Å²) in [6, 6.07) is 43.4. The third kappa shape index (κ3) is 7.75. The van der Waals surface area contributed by atoms with Crippen molar-refractivity contribution >= 4 is 28.0 Å². The summed E-state index contributed by atoms with van der Waals surface area (Å²) in [6.45, 7) is 1.57. The third-order valence-corrected chi connectivity index (χ3v) is 7.58. The number of halogens is 2. The Morgan fingerprint density at radius 3 is 1.92 bits per heavy atom. The fourth-order valence-electron chi connectivity index (χ4n) is 5.46. The number of benzene rings is 5. The molecular formula is C39H35F2N5O2. The van der Waals surface area contributed by atoms with Gasteiger partial charge in [0.1, 0.15) is 37.4 Å². The van der Waals surface area contributed by atoms with E-state index in [-0.39, 0.29) is 0 Å². The van der Waals surface area contributed by atoms with E-state index in [1.54, 1.807) is 6.21 Å².